The van der Waals surface area contributed by atoms with Crippen molar-refractivity contribution in [2.45, 2.75) is 13.8 Å². The van der Waals surface area contributed by atoms with Crippen LogP contribution < -0.4 is 0 Å². The van der Waals surface area contributed by atoms with Crippen molar-refractivity contribution in [2.24, 2.45) is 0 Å². The minimum Gasteiger partial charge on any atom is -0.513 e. The van der Waals surface area contributed by atoms with Gasteiger partial charge in [0.15, 0.2) is 0 Å². The van der Waals surface area contributed by atoms with Gasteiger partial charge in [-0.2, -0.15) is 0 Å². The van der Waals surface area contributed by atoms with Crippen molar-refractivity contribution in [3.8, 4) is 0 Å². The topological polar surface area (TPSA) is 66.2 Å². The smallest absolute Gasteiger partial charge is 0.0929 e. The summed E-state index contributed by atoms with van der Waals surface area (Å²) in [5, 5.41) is 18.7. The van der Waals surface area contributed by atoms with Gasteiger partial charge >= 0.3 is 0 Å². The Labute approximate surface area is 105 Å². The van der Waals surface area contributed by atoms with E-state index in [0.717, 1.165) is 11.0 Å². The Bertz CT molecular complexity index is 581. The average Bonchev–Trinajstić information content (AvgIpc) is 2.28. The minimum absolute atomic E-state index is 0.143. The summed E-state index contributed by atoms with van der Waals surface area (Å²) in [6, 6.07) is 7.46. The van der Waals surface area contributed by atoms with E-state index < -0.39 is 0 Å². The third kappa shape index (κ3) is 2.66. The minimum atomic E-state index is 0.143. The average molecular weight is 242 g/mol. The molecule has 0 aliphatic heterocycles. The van der Waals surface area contributed by atoms with Crippen molar-refractivity contribution < 1.29 is 10.2 Å². The van der Waals surface area contributed by atoms with Gasteiger partial charge in [-0.15, -0.1) is 0 Å². The van der Waals surface area contributed by atoms with Crippen LogP contribution in [-0.2, 0) is 0 Å². The molecule has 2 rings (SSSR count). The number of hydrogen-bond donors (Lipinski definition) is 2. The summed E-state index contributed by atoms with van der Waals surface area (Å²) < 4.78 is 0. The van der Waals surface area contributed by atoms with Gasteiger partial charge in [-0.05, 0) is 26.0 Å². The molecule has 1 aromatic heterocycles. The molecule has 0 unspecified atom stereocenters. The van der Waals surface area contributed by atoms with Gasteiger partial charge < -0.3 is 10.2 Å². The second kappa shape index (κ2) is 4.87. The van der Waals surface area contributed by atoms with Crippen LogP contribution in [0.4, 0.5) is 0 Å². The fraction of sp³-hybridized carbons (Fsp3) is 0.143. The number of para-hydroxylation sites is 2. The molecule has 1 aromatic carbocycles. The molecule has 0 fully saturated rings. The maximum Gasteiger partial charge on any atom is 0.0929 e. The summed E-state index contributed by atoms with van der Waals surface area (Å²) in [7, 11) is 0. The predicted molar refractivity (Wildman–Crippen MR) is 72.1 cm³/mol. The first-order chi connectivity index (χ1) is 8.56. The van der Waals surface area contributed by atoms with Crippen LogP contribution >= 0.6 is 0 Å². The summed E-state index contributed by atoms with van der Waals surface area (Å²) in [5.41, 5.74) is 2.56. The fourth-order valence-corrected chi connectivity index (χ4v) is 1.64. The lowest BCUT2D eigenvalue weighted by molar-refractivity contribution is 0.418. The van der Waals surface area contributed by atoms with Crippen molar-refractivity contribution >= 4 is 23.2 Å². The van der Waals surface area contributed by atoms with E-state index in [1.807, 2.05) is 24.3 Å². The van der Waals surface area contributed by atoms with E-state index in [9.17, 15) is 10.2 Å². The highest BCUT2D eigenvalue weighted by atomic mass is 16.3. The Morgan fingerprint density at radius 1 is 0.889 bits per heavy atom. The number of nitrogens with zero attached hydrogens (tertiary/aromatic N) is 2. The van der Waals surface area contributed by atoms with E-state index in [1.54, 1.807) is 13.8 Å². The molecule has 0 aliphatic rings. The molecule has 4 heteroatoms. The molecule has 18 heavy (non-hydrogen) atoms. The van der Waals surface area contributed by atoms with E-state index in [-0.39, 0.29) is 11.5 Å². The van der Waals surface area contributed by atoms with Crippen LogP contribution in [0.25, 0.3) is 23.2 Å². The van der Waals surface area contributed by atoms with Crippen LogP contribution in [-0.4, -0.2) is 20.2 Å². The molecule has 0 atom stereocenters. The lowest BCUT2D eigenvalue weighted by atomic mass is 10.2. The highest BCUT2D eigenvalue weighted by Gasteiger charge is 2.05. The van der Waals surface area contributed by atoms with E-state index in [4.69, 9.17) is 0 Å². The quantitative estimate of drug-likeness (QED) is 0.791. The van der Waals surface area contributed by atoms with Crippen LogP contribution in [0.2, 0.25) is 0 Å². The standard InChI is InChI=1S/C14H14N2O2/c1-9(17)7-13-14(8-10(2)18)16-12-6-4-3-5-11(12)15-13/h3-8,17-18H,1-2H3. The van der Waals surface area contributed by atoms with Crippen LogP contribution in [0.15, 0.2) is 35.8 Å². The van der Waals surface area contributed by atoms with Crippen LogP contribution in [0, 0.1) is 0 Å². The molecule has 0 amide bonds. The Morgan fingerprint density at radius 2 is 1.28 bits per heavy atom. The van der Waals surface area contributed by atoms with Crippen LogP contribution in [0.5, 0.6) is 0 Å². The molecule has 1 heterocycles. The zero-order chi connectivity index (χ0) is 13.1. The number of aliphatic hydroxyl groups excluding tert-OH is 2. The highest BCUT2D eigenvalue weighted by Crippen LogP contribution is 2.17. The normalized spacial score (nSPS) is 13.0. The molecule has 0 saturated carbocycles. The zero-order valence-electron chi connectivity index (χ0n) is 10.3. The first-order valence-electron chi connectivity index (χ1n) is 5.57. The molecule has 92 valence electrons. The summed E-state index contributed by atoms with van der Waals surface area (Å²) in [5.74, 6) is 0.287. The largest absolute Gasteiger partial charge is 0.513 e. The molecule has 0 radical (unpaired) electrons. The van der Waals surface area contributed by atoms with E-state index in [0.29, 0.717) is 11.4 Å². The fourth-order valence-electron chi connectivity index (χ4n) is 1.64. The van der Waals surface area contributed by atoms with Gasteiger partial charge in [-0.25, -0.2) is 9.97 Å². The summed E-state index contributed by atoms with van der Waals surface area (Å²) in [6.45, 7) is 3.13. The number of hydrogen-bond acceptors (Lipinski definition) is 4. The van der Waals surface area contributed by atoms with Gasteiger partial charge in [-0.3, -0.25) is 0 Å². The second-order valence-corrected chi connectivity index (χ2v) is 4.05. The molecule has 4 nitrogen and oxygen atoms in total. The third-order valence-electron chi connectivity index (χ3n) is 2.32. The number of rotatable bonds is 2. The van der Waals surface area contributed by atoms with Crippen molar-refractivity contribution in [2.75, 3.05) is 0 Å². The Kier molecular flexibility index (Phi) is 3.28. The molecule has 2 aromatic rings. The monoisotopic (exact) mass is 242 g/mol. The van der Waals surface area contributed by atoms with Crippen molar-refractivity contribution in [1.82, 2.24) is 9.97 Å². The van der Waals surface area contributed by atoms with Crippen LogP contribution in [0.3, 0.4) is 0 Å². The number of aromatic nitrogens is 2. The summed E-state index contributed by atoms with van der Waals surface area (Å²) in [6.07, 6.45) is 3.04. The van der Waals surface area contributed by atoms with E-state index in [2.05, 4.69) is 9.97 Å². The van der Waals surface area contributed by atoms with E-state index in [1.165, 1.54) is 12.2 Å². The maximum atomic E-state index is 9.35. The Balaban J connectivity index is 2.71. The van der Waals surface area contributed by atoms with Gasteiger partial charge in [0.05, 0.1) is 33.9 Å². The molecule has 0 spiro atoms. The van der Waals surface area contributed by atoms with Gasteiger partial charge in [-0.1, -0.05) is 12.1 Å². The van der Waals surface area contributed by atoms with Gasteiger partial charge in [0, 0.05) is 12.2 Å². The first-order valence-corrected chi connectivity index (χ1v) is 5.57. The Hall–Kier alpha value is -2.36. The van der Waals surface area contributed by atoms with E-state index >= 15 is 0 Å². The lowest BCUT2D eigenvalue weighted by Crippen LogP contribution is -1.95. The zero-order valence-corrected chi connectivity index (χ0v) is 10.3. The number of aliphatic hydroxyl groups is 2. The summed E-state index contributed by atoms with van der Waals surface area (Å²) in [4.78, 5) is 8.83. The van der Waals surface area contributed by atoms with Crippen molar-refractivity contribution in [3.05, 3.63) is 47.2 Å². The molecular weight excluding hydrogens is 228 g/mol. The second-order valence-electron chi connectivity index (χ2n) is 4.05. The number of benzene rings is 1. The van der Waals surface area contributed by atoms with Gasteiger partial charge in [0.25, 0.3) is 0 Å². The molecule has 0 bridgehead atoms. The predicted octanol–water partition coefficient (Wildman–Crippen LogP) is 3.47. The summed E-state index contributed by atoms with van der Waals surface area (Å²) >= 11 is 0. The third-order valence-corrected chi connectivity index (χ3v) is 2.32. The Morgan fingerprint density at radius 3 is 1.61 bits per heavy atom. The molecular formula is C14H14N2O2. The van der Waals surface area contributed by atoms with Gasteiger partial charge in [0.2, 0.25) is 0 Å². The SMILES string of the molecule is CC(O)=Cc1nc2ccccc2nc1C=C(C)O. The highest BCUT2D eigenvalue weighted by molar-refractivity contribution is 5.78. The maximum absolute atomic E-state index is 9.35. The van der Waals surface area contributed by atoms with Crippen molar-refractivity contribution in [3.63, 3.8) is 0 Å². The molecule has 0 aliphatic carbocycles. The molecule has 2 N–H and O–H groups in total. The van der Waals surface area contributed by atoms with Crippen LogP contribution in [0.1, 0.15) is 25.2 Å². The van der Waals surface area contributed by atoms with Crippen molar-refractivity contribution in [1.29, 1.82) is 0 Å². The number of allylic oxidation sites excluding steroid dienone is 2. The lowest BCUT2D eigenvalue weighted by Gasteiger charge is -2.04. The number of fused-ring (bicyclic) bond motifs is 1. The molecule has 0 saturated heterocycles. The van der Waals surface area contributed by atoms with Gasteiger partial charge in [0.1, 0.15) is 0 Å². The first kappa shape index (κ1) is 12.1.